The minimum atomic E-state index is -0.431. The average molecular weight is 273 g/mol. The Hall–Kier alpha value is -0.750. The van der Waals surface area contributed by atoms with Crippen LogP contribution in [0.1, 0.15) is 33.1 Å². The number of carbonyl (C=O) groups is 2. The number of nitrogens with one attached hydrogen (secondary N) is 3. The summed E-state index contributed by atoms with van der Waals surface area (Å²) in [5.74, 6) is -0.281. The Kier molecular flexibility index (Phi) is 5.95. The highest BCUT2D eigenvalue weighted by Crippen LogP contribution is 2.42. The number of hydrogen-bond donors (Lipinski definition) is 3. The summed E-state index contributed by atoms with van der Waals surface area (Å²) in [6.07, 6.45) is 5.78. The Balaban J connectivity index is 2.29. The van der Waals surface area contributed by atoms with Crippen molar-refractivity contribution in [3.8, 4) is 0 Å². The molecule has 0 aromatic heterocycles. The van der Waals surface area contributed by atoms with Crippen LogP contribution in [-0.2, 0) is 4.79 Å². The fraction of sp³-hybridized carbons (Fsp3) is 0.833. The maximum atomic E-state index is 11.7. The molecule has 1 saturated carbocycles. The largest absolute Gasteiger partial charge is 0.338 e. The molecule has 6 heteroatoms. The monoisotopic (exact) mass is 273 g/mol. The van der Waals surface area contributed by atoms with Gasteiger partial charge in [-0.25, -0.2) is 4.79 Å². The second-order valence-electron chi connectivity index (χ2n) is 4.69. The topological polar surface area (TPSA) is 70.2 Å². The molecule has 0 heterocycles. The Morgan fingerprint density at radius 3 is 2.50 bits per heavy atom. The van der Waals surface area contributed by atoms with E-state index in [0.29, 0.717) is 11.3 Å². The van der Waals surface area contributed by atoms with E-state index in [9.17, 15) is 9.59 Å². The maximum absolute atomic E-state index is 11.7. The van der Waals surface area contributed by atoms with E-state index in [2.05, 4.69) is 22.2 Å². The highest BCUT2D eigenvalue weighted by atomic mass is 32.2. The van der Waals surface area contributed by atoms with Crippen LogP contribution in [0.15, 0.2) is 0 Å². The number of thioether (sulfide) groups is 1. The molecule has 0 bridgehead atoms. The van der Waals surface area contributed by atoms with Crippen molar-refractivity contribution < 1.29 is 9.59 Å². The Labute approximate surface area is 113 Å². The third-order valence-electron chi connectivity index (χ3n) is 3.40. The summed E-state index contributed by atoms with van der Waals surface area (Å²) in [6.45, 7) is 4.92. The normalized spacial score (nSPS) is 18.6. The van der Waals surface area contributed by atoms with Crippen LogP contribution in [0.25, 0.3) is 0 Å². The first-order chi connectivity index (χ1) is 8.53. The van der Waals surface area contributed by atoms with Crippen molar-refractivity contribution in [3.05, 3.63) is 0 Å². The number of amides is 3. The molecule has 1 rings (SSSR count). The number of urea groups is 1. The highest BCUT2D eigenvalue weighted by Gasteiger charge is 2.36. The van der Waals surface area contributed by atoms with E-state index in [0.717, 1.165) is 6.54 Å². The van der Waals surface area contributed by atoms with Gasteiger partial charge in [-0.2, -0.15) is 11.8 Å². The number of rotatable bonds is 6. The van der Waals surface area contributed by atoms with Crippen LogP contribution in [0.2, 0.25) is 0 Å². The first-order valence-corrected chi connectivity index (χ1v) is 7.62. The van der Waals surface area contributed by atoms with E-state index in [1.165, 1.54) is 19.3 Å². The van der Waals surface area contributed by atoms with Gasteiger partial charge in [-0.05, 0) is 32.9 Å². The molecule has 1 unspecified atom stereocenters. The summed E-state index contributed by atoms with van der Waals surface area (Å²) in [6, 6.07) is -0.781. The molecular weight excluding hydrogens is 250 g/mol. The van der Waals surface area contributed by atoms with Crippen LogP contribution in [0.5, 0.6) is 0 Å². The summed E-state index contributed by atoms with van der Waals surface area (Å²) >= 11 is 1.86. The first kappa shape index (κ1) is 15.3. The summed E-state index contributed by atoms with van der Waals surface area (Å²) in [5.41, 5.74) is 0. The standard InChI is InChI=1S/C12H23N3O2S/c1-4-13-11(17)15-10(16)9(2)14-8-12(18-3)6-5-7-12/h9,14H,4-8H2,1-3H3,(H2,13,15,16,17). The van der Waals surface area contributed by atoms with Gasteiger partial charge in [-0.1, -0.05) is 6.42 Å². The van der Waals surface area contributed by atoms with Crippen LogP contribution in [0.4, 0.5) is 4.79 Å². The summed E-state index contributed by atoms with van der Waals surface area (Å²) in [7, 11) is 0. The lowest BCUT2D eigenvalue weighted by atomic mass is 9.84. The zero-order valence-electron chi connectivity index (χ0n) is 11.3. The van der Waals surface area contributed by atoms with Gasteiger partial charge in [0.1, 0.15) is 0 Å². The van der Waals surface area contributed by atoms with Crippen molar-refractivity contribution in [2.75, 3.05) is 19.3 Å². The minimum absolute atomic E-state index is 0.281. The van der Waals surface area contributed by atoms with Gasteiger partial charge in [0, 0.05) is 17.8 Å². The molecule has 3 amide bonds. The number of carbonyl (C=O) groups excluding carboxylic acids is 2. The quantitative estimate of drug-likeness (QED) is 0.678. The van der Waals surface area contributed by atoms with E-state index in [4.69, 9.17) is 0 Å². The van der Waals surface area contributed by atoms with E-state index in [1.54, 1.807) is 6.92 Å². The molecule has 0 radical (unpaired) electrons. The molecule has 1 aliphatic carbocycles. The van der Waals surface area contributed by atoms with Gasteiger partial charge in [0.25, 0.3) is 0 Å². The van der Waals surface area contributed by atoms with Crippen molar-refractivity contribution in [3.63, 3.8) is 0 Å². The van der Waals surface area contributed by atoms with Crippen LogP contribution < -0.4 is 16.0 Å². The SMILES string of the molecule is CCNC(=O)NC(=O)C(C)NCC1(SC)CCC1. The number of hydrogen-bond acceptors (Lipinski definition) is 4. The lowest BCUT2D eigenvalue weighted by molar-refractivity contribution is -0.121. The van der Waals surface area contributed by atoms with Crippen molar-refractivity contribution in [1.82, 2.24) is 16.0 Å². The van der Waals surface area contributed by atoms with Gasteiger partial charge in [0.2, 0.25) is 5.91 Å². The summed E-state index contributed by atoms with van der Waals surface area (Å²) < 4.78 is 0.292. The predicted octanol–water partition coefficient (Wildman–Crippen LogP) is 1.10. The maximum Gasteiger partial charge on any atom is 0.321 e. The smallest absolute Gasteiger partial charge is 0.321 e. The molecule has 0 spiro atoms. The third-order valence-corrected chi connectivity index (χ3v) is 4.81. The molecule has 1 atom stereocenters. The van der Waals surface area contributed by atoms with E-state index >= 15 is 0 Å². The Bertz CT molecular complexity index is 300. The van der Waals surface area contributed by atoms with Gasteiger partial charge >= 0.3 is 6.03 Å². The summed E-state index contributed by atoms with van der Waals surface area (Å²) in [5, 5.41) is 8.06. The highest BCUT2D eigenvalue weighted by molar-refractivity contribution is 8.00. The molecule has 0 aromatic rings. The fourth-order valence-electron chi connectivity index (χ4n) is 1.88. The molecule has 1 fully saturated rings. The van der Waals surface area contributed by atoms with Crippen molar-refractivity contribution in [2.45, 2.75) is 43.9 Å². The Morgan fingerprint density at radius 2 is 2.06 bits per heavy atom. The van der Waals surface area contributed by atoms with Crippen molar-refractivity contribution >= 4 is 23.7 Å². The zero-order chi connectivity index (χ0) is 13.6. The van der Waals surface area contributed by atoms with E-state index in [-0.39, 0.29) is 11.9 Å². The lowest BCUT2D eigenvalue weighted by Crippen LogP contribution is -2.52. The van der Waals surface area contributed by atoms with Gasteiger partial charge in [-0.3, -0.25) is 10.1 Å². The van der Waals surface area contributed by atoms with E-state index < -0.39 is 6.03 Å². The molecule has 1 aliphatic rings. The first-order valence-electron chi connectivity index (χ1n) is 6.40. The molecule has 0 saturated heterocycles. The molecule has 5 nitrogen and oxygen atoms in total. The predicted molar refractivity (Wildman–Crippen MR) is 74.8 cm³/mol. The zero-order valence-corrected chi connectivity index (χ0v) is 12.2. The number of imide groups is 1. The van der Waals surface area contributed by atoms with Crippen LogP contribution in [-0.4, -0.2) is 42.1 Å². The third kappa shape index (κ3) is 4.17. The van der Waals surface area contributed by atoms with Crippen LogP contribution >= 0.6 is 11.8 Å². The van der Waals surface area contributed by atoms with Crippen molar-refractivity contribution in [1.29, 1.82) is 0 Å². The van der Waals surface area contributed by atoms with Gasteiger partial charge in [0.05, 0.1) is 6.04 Å². The molecule has 0 aromatic carbocycles. The molecule has 0 aliphatic heterocycles. The molecule has 3 N–H and O–H groups in total. The molecular formula is C12H23N3O2S. The molecule has 18 heavy (non-hydrogen) atoms. The average Bonchev–Trinajstić information content (AvgIpc) is 2.28. The summed E-state index contributed by atoms with van der Waals surface area (Å²) in [4.78, 5) is 22.9. The lowest BCUT2D eigenvalue weighted by Gasteiger charge is -2.41. The second-order valence-corrected chi connectivity index (χ2v) is 5.97. The Morgan fingerprint density at radius 1 is 1.39 bits per heavy atom. The fourth-order valence-corrected chi connectivity index (χ4v) is 2.81. The van der Waals surface area contributed by atoms with Gasteiger partial charge in [0.15, 0.2) is 0 Å². The second kappa shape index (κ2) is 6.99. The van der Waals surface area contributed by atoms with E-state index in [1.807, 2.05) is 18.7 Å². The van der Waals surface area contributed by atoms with Crippen LogP contribution in [0, 0.1) is 0 Å². The minimum Gasteiger partial charge on any atom is -0.338 e. The van der Waals surface area contributed by atoms with Gasteiger partial charge < -0.3 is 10.6 Å². The van der Waals surface area contributed by atoms with Crippen LogP contribution in [0.3, 0.4) is 0 Å². The molecule has 104 valence electrons. The van der Waals surface area contributed by atoms with Gasteiger partial charge in [-0.15, -0.1) is 0 Å². The van der Waals surface area contributed by atoms with Crippen molar-refractivity contribution in [2.24, 2.45) is 0 Å².